The summed E-state index contributed by atoms with van der Waals surface area (Å²) in [5.74, 6) is 0.464. The van der Waals surface area contributed by atoms with E-state index in [4.69, 9.17) is 10.5 Å². The van der Waals surface area contributed by atoms with E-state index in [1.54, 1.807) is 13.3 Å². The van der Waals surface area contributed by atoms with Gasteiger partial charge in [0.1, 0.15) is 5.82 Å². The first kappa shape index (κ1) is 13.5. The molecule has 19 heavy (non-hydrogen) atoms. The Morgan fingerprint density at radius 2 is 1.95 bits per heavy atom. The maximum absolute atomic E-state index is 10.4. The summed E-state index contributed by atoms with van der Waals surface area (Å²) in [4.78, 5) is 4.03. The first-order valence-electron chi connectivity index (χ1n) is 6.16. The van der Waals surface area contributed by atoms with E-state index in [-0.39, 0.29) is 0 Å². The molecule has 100 valence electrons. The van der Waals surface area contributed by atoms with Crippen molar-refractivity contribution in [3.05, 3.63) is 59.3 Å². The number of rotatable bonds is 5. The standard InChI is InChI=1S/C15H18N2O2/c1-19-10-12-5-2-3-7-13(12)14(18)9-11-6-4-8-17-15(11)16/h2-8,14,18H,9-10H2,1H3,(H2,16,17). The van der Waals surface area contributed by atoms with Gasteiger partial charge in [0.25, 0.3) is 0 Å². The number of nitrogens with two attached hydrogens (primary N) is 1. The molecule has 4 heteroatoms. The van der Waals surface area contributed by atoms with E-state index in [1.165, 1.54) is 0 Å². The number of pyridine rings is 1. The van der Waals surface area contributed by atoms with Gasteiger partial charge in [0.15, 0.2) is 0 Å². The van der Waals surface area contributed by atoms with Crippen molar-refractivity contribution in [2.24, 2.45) is 0 Å². The minimum Gasteiger partial charge on any atom is -0.388 e. The number of anilines is 1. The Bertz CT molecular complexity index is 543. The lowest BCUT2D eigenvalue weighted by Gasteiger charge is -2.16. The van der Waals surface area contributed by atoms with Crippen LogP contribution in [0.5, 0.6) is 0 Å². The van der Waals surface area contributed by atoms with Gasteiger partial charge in [-0.15, -0.1) is 0 Å². The second-order valence-electron chi connectivity index (χ2n) is 4.40. The predicted molar refractivity (Wildman–Crippen MR) is 74.5 cm³/mol. The van der Waals surface area contributed by atoms with Crippen LogP contribution in [0.25, 0.3) is 0 Å². The highest BCUT2D eigenvalue weighted by atomic mass is 16.5. The molecule has 1 aromatic carbocycles. The molecule has 0 aliphatic heterocycles. The van der Waals surface area contributed by atoms with E-state index < -0.39 is 6.10 Å². The van der Waals surface area contributed by atoms with E-state index >= 15 is 0 Å². The van der Waals surface area contributed by atoms with Gasteiger partial charge < -0.3 is 15.6 Å². The third-order valence-corrected chi connectivity index (χ3v) is 3.05. The van der Waals surface area contributed by atoms with E-state index in [1.807, 2.05) is 36.4 Å². The largest absolute Gasteiger partial charge is 0.388 e. The van der Waals surface area contributed by atoms with Crippen molar-refractivity contribution in [1.82, 2.24) is 4.98 Å². The molecule has 0 saturated heterocycles. The Kier molecular flexibility index (Phi) is 4.49. The lowest BCUT2D eigenvalue weighted by atomic mass is 9.97. The van der Waals surface area contributed by atoms with Crippen molar-refractivity contribution in [3.8, 4) is 0 Å². The van der Waals surface area contributed by atoms with Crippen LogP contribution in [-0.4, -0.2) is 17.2 Å². The molecule has 3 N–H and O–H groups in total. The van der Waals surface area contributed by atoms with Crippen LogP contribution in [0.15, 0.2) is 42.6 Å². The van der Waals surface area contributed by atoms with Crippen LogP contribution >= 0.6 is 0 Å². The maximum atomic E-state index is 10.4. The Morgan fingerprint density at radius 1 is 1.21 bits per heavy atom. The molecule has 0 radical (unpaired) electrons. The van der Waals surface area contributed by atoms with Crippen molar-refractivity contribution < 1.29 is 9.84 Å². The van der Waals surface area contributed by atoms with Crippen LogP contribution in [0, 0.1) is 0 Å². The van der Waals surface area contributed by atoms with Crippen LogP contribution < -0.4 is 5.73 Å². The van der Waals surface area contributed by atoms with Gasteiger partial charge in [0, 0.05) is 19.7 Å². The third-order valence-electron chi connectivity index (χ3n) is 3.05. The van der Waals surface area contributed by atoms with Crippen LogP contribution in [0.4, 0.5) is 5.82 Å². The number of nitrogen functional groups attached to an aromatic ring is 1. The fourth-order valence-electron chi connectivity index (χ4n) is 2.09. The average Bonchev–Trinajstić information content (AvgIpc) is 2.42. The Labute approximate surface area is 112 Å². The SMILES string of the molecule is COCc1ccccc1C(O)Cc1cccnc1N. The molecule has 2 aromatic rings. The number of hydrogen-bond acceptors (Lipinski definition) is 4. The van der Waals surface area contributed by atoms with Gasteiger partial charge in [-0.25, -0.2) is 4.98 Å². The molecule has 1 atom stereocenters. The summed E-state index contributed by atoms with van der Waals surface area (Å²) in [7, 11) is 1.64. The van der Waals surface area contributed by atoms with E-state index in [0.717, 1.165) is 16.7 Å². The van der Waals surface area contributed by atoms with Crippen molar-refractivity contribution >= 4 is 5.82 Å². The molecule has 1 aromatic heterocycles. The Balaban J connectivity index is 2.20. The summed E-state index contributed by atoms with van der Waals surface area (Å²) in [6.07, 6.45) is 1.47. The summed E-state index contributed by atoms with van der Waals surface area (Å²) in [6.45, 7) is 0.482. The highest BCUT2D eigenvalue weighted by molar-refractivity contribution is 5.40. The third kappa shape index (κ3) is 3.30. The molecule has 0 aliphatic rings. The number of ether oxygens (including phenoxy) is 1. The predicted octanol–water partition coefficient (Wildman–Crippen LogP) is 2.09. The van der Waals surface area contributed by atoms with Gasteiger partial charge in [0.05, 0.1) is 12.7 Å². The second-order valence-corrected chi connectivity index (χ2v) is 4.40. The van der Waals surface area contributed by atoms with Crippen LogP contribution in [-0.2, 0) is 17.8 Å². The van der Waals surface area contributed by atoms with Crippen molar-refractivity contribution in [3.63, 3.8) is 0 Å². The second kappa shape index (κ2) is 6.31. The average molecular weight is 258 g/mol. The van der Waals surface area contributed by atoms with Crippen molar-refractivity contribution in [2.45, 2.75) is 19.1 Å². The van der Waals surface area contributed by atoms with Gasteiger partial charge in [-0.1, -0.05) is 30.3 Å². The summed E-state index contributed by atoms with van der Waals surface area (Å²) < 4.78 is 5.14. The zero-order valence-corrected chi connectivity index (χ0v) is 10.9. The molecule has 0 spiro atoms. The molecule has 1 unspecified atom stereocenters. The lowest BCUT2D eigenvalue weighted by Crippen LogP contribution is -2.08. The van der Waals surface area contributed by atoms with Gasteiger partial charge in [-0.3, -0.25) is 0 Å². The molecule has 1 heterocycles. The summed E-state index contributed by atoms with van der Waals surface area (Å²) in [5, 5.41) is 10.4. The van der Waals surface area contributed by atoms with Gasteiger partial charge in [-0.05, 0) is 22.8 Å². The fraction of sp³-hybridized carbons (Fsp3) is 0.267. The highest BCUT2D eigenvalue weighted by Gasteiger charge is 2.14. The number of aromatic nitrogens is 1. The number of aliphatic hydroxyl groups excluding tert-OH is 1. The Morgan fingerprint density at radius 3 is 2.68 bits per heavy atom. The Hall–Kier alpha value is -1.91. The number of nitrogens with zero attached hydrogens (tertiary/aromatic N) is 1. The van der Waals surface area contributed by atoms with Crippen LogP contribution in [0.3, 0.4) is 0 Å². The molecule has 4 nitrogen and oxygen atoms in total. The normalized spacial score (nSPS) is 12.3. The van der Waals surface area contributed by atoms with Gasteiger partial charge in [-0.2, -0.15) is 0 Å². The summed E-state index contributed by atoms with van der Waals surface area (Å²) in [5.41, 5.74) is 8.50. The molecular weight excluding hydrogens is 240 g/mol. The molecular formula is C15H18N2O2. The molecule has 0 aliphatic carbocycles. The number of benzene rings is 1. The van der Waals surface area contributed by atoms with Crippen molar-refractivity contribution in [1.29, 1.82) is 0 Å². The first-order valence-corrected chi connectivity index (χ1v) is 6.16. The van der Waals surface area contributed by atoms with Crippen LogP contribution in [0.1, 0.15) is 22.8 Å². The lowest BCUT2D eigenvalue weighted by molar-refractivity contribution is 0.161. The van der Waals surface area contributed by atoms with Gasteiger partial charge >= 0.3 is 0 Å². The molecule has 2 rings (SSSR count). The monoisotopic (exact) mass is 258 g/mol. The minimum absolute atomic E-state index is 0.445. The maximum Gasteiger partial charge on any atom is 0.126 e. The van der Waals surface area contributed by atoms with Crippen molar-refractivity contribution in [2.75, 3.05) is 12.8 Å². The van der Waals surface area contributed by atoms with Gasteiger partial charge in [0.2, 0.25) is 0 Å². The van der Waals surface area contributed by atoms with E-state index in [2.05, 4.69) is 4.98 Å². The zero-order valence-electron chi connectivity index (χ0n) is 10.9. The quantitative estimate of drug-likeness (QED) is 0.861. The van der Waals surface area contributed by atoms with E-state index in [9.17, 15) is 5.11 Å². The zero-order chi connectivity index (χ0) is 13.7. The number of methoxy groups -OCH3 is 1. The first-order chi connectivity index (χ1) is 9.22. The smallest absolute Gasteiger partial charge is 0.126 e. The fourth-order valence-corrected chi connectivity index (χ4v) is 2.09. The van der Waals surface area contributed by atoms with E-state index in [0.29, 0.717) is 18.8 Å². The molecule has 0 bridgehead atoms. The topological polar surface area (TPSA) is 68.4 Å². The molecule has 0 fully saturated rings. The molecule has 0 saturated carbocycles. The number of hydrogen-bond donors (Lipinski definition) is 2. The summed E-state index contributed by atoms with van der Waals surface area (Å²) in [6, 6.07) is 11.4. The molecule has 0 amide bonds. The summed E-state index contributed by atoms with van der Waals surface area (Å²) >= 11 is 0. The minimum atomic E-state index is -0.613. The highest BCUT2D eigenvalue weighted by Crippen LogP contribution is 2.24. The number of aliphatic hydroxyl groups is 1. The van der Waals surface area contributed by atoms with Crippen LogP contribution in [0.2, 0.25) is 0 Å².